The maximum absolute atomic E-state index is 13.1. The summed E-state index contributed by atoms with van der Waals surface area (Å²) in [6.07, 6.45) is 1.62. The van der Waals surface area contributed by atoms with Crippen LogP contribution in [0.4, 0.5) is 4.39 Å². The highest BCUT2D eigenvalue weighted by Crippen LogP contribution is 2.28. The van der Waals surface area contributed by atoms with E-state index in [1.54, 1.807) is 25.3 Å². The van der Waals surface area contributed by atoms with Crippen LogP contribution >= 0.6 is 11.3 Å². The van der Waals surface area contributed by atoms with E-state index in [-0.39, 0.29) is 11.7 Å². The topological polar surface area (TPSA) is 64.4 Å². The third kappa shape index (κ3) is 5.45. The highest BCUT2D eigenvalue weighted by atomic mass is 32.1. The molecule has 0 aliphatic carbocycles. The second-order valence-corrected chi connectivity index (χ2v) is 8.01. The van der Waals surface area contributed by atoms with Crippen LogP contribution in [0.25, 0.3) is 10.6 Å². The van der Waals surface area contributed by atoms with Crippen LogP contribution in [0.5, 0.6) is 0 Å². The Bertz CT molecular complexity index is 1150. The Morgan fingerprint density at radius 2 is 1.90 bits per heavy atom. The van der Waals surface area contributed by atoms with Crippen molar-refractivity contribution in [2.24, 2.45) is 0 Å². The number of aromatic nitrogens is 1. The number of nitrogens with zero attached hydrogens (tertiary/aromatic N) is 1. The number of carbonyl (C=O) groups excluding carboxylic acids is 1. The Morgan fingerprint density at radius 1 is 1.10 bits per heavy atom. The van der Waals surface area contributed by atoms with Crippen LogP contribution in [-0.2, 0) is 24.5 Å². The minimum atomic E-state index is -0.302. The lowest BCUT2D eigenvalue weighted by Crippen LogP contribution is -2.22. The molecule has 0 aliphatic rings. The molecule has 1 amide bonds. The molecule has 4 aromatic rings. The predicted octanol–water partition coefficient (Wildman–Crippen LogP) is 5.50. The Labute approximate surface area is 183 Å². The van der Waals surface area contributed by atoms with E-state index in [0.717, 1.165) is 22.5 Å². The summed E-state index contributed by atoms with van der Waals surface area (Å²) in [5.41, 5.74) is 3.44. The number of aryl methyl sites for hydroxylation is 1. The van der Waals surface area contributed by atoms with E-state index in [9.17, 15) is 9.18 Å². The largest absolute Gasteiger partial charge is 0.467 e. The summed E-state index contributed by atoms with van der Waals surface area (Å²) in [5.74, 6) is 0.301. The molecule has 158 valence electrons. The molecule has 5 nitrogen and oxygen atoms in total. The van der Waals surface area contributed by atoms with Crippen molar-refractivity contribution in [2.45, 2.75) is 26.7 Å². The number of amides is 1. The molecule has 7 heteroatoms. The van der Waals surface area contributed by atoms with Crippen LogP contribution in [-0.4, -0.2) is 10.9 Å². The summed E-state index contributed by atoms with van der Waals surface area (Å²) in [5, 5.41) is 3.64. The first kappa shape index (κ1) is 21.0. The highest BCUT2D eigenvalue weighted by molar-refractivity contribution is 7.17. The summed E-state index contributed by atoms with van der Waals surface area (Å²) in [4.78, 5) is 17.7. The van der Waals surface area contributed by atoms with Gasteiger partial charge in [0.15, 0.2) is 0 Å². The summed E-state index contributed by atoms with van der Waals surface area (Å²) < 4.78 is 24.1. The number of furan rings is 1. The summed E-state index contributed by atoms with van der Waals surface area (Å²) >= 11 is 1.30. The fourth-order valence-corrected chi connectivity index (χ4v) is 4.07. The van der Waals surface area contributed by atoms with E-state index in [4.69, 9.17) is 9.15 Å². The van der Waals surface area contributed by atoms with Crippen molar-refractivity contribution in [3.05, 3.63) is 100 Å². The monoisotopic (exact) mass is 436 g/mol. The smallest absolute Gasteiger partial charge is 0.263 e. The van der Waals surface area contributed by atoms with Crippen molar-refractivity contribution in [1.82, 2.24) is 10.3 Å². The van der Waals surface area contributed by atoms with Gasteiger partial charge in [0.2, 0.25) is 0 Å². The second kappa shape index (κ2) is 9.68. The molecule has 2 heterocycles. The first-order valence-electron chi connectivity index (χ1n) is 9.78. The van der Waals surface area contributed by atoms with Crippen LogP contribution in [0.1, 0.15) is 32.3 Å². The van der Waals surface area contributed by atoms with Gasteiger partial charge in [0.1, 0.15) is 28.1 Å². The van der Waals surface area contributed by atoms with Gasteiger partial charge in [-0.05, 0) is 54.4 Å². The number of carbonyl (C=O) groups is 1. The Balaban J connectivity index is 1.35. The quantitative estimate of drug-likeness (QED) is 0.396. The molecule has 0 fully saturated rings. The van der Waals surface area contributed by atoms with Crippen molar-refractivity contribution in [3.63, 3.8) is 0 Å². The summed E-state index contributed by atoms with van der Waals surface area (Å²) in [6.45, 7) is 3.07. The fourth-order valence-electron chi connectivity index (χ4n) is 3.08. The lowest BCUT2D eigenvalue weighted by atomic mass is 10.1. The normalized spacial score (nSPS) is 10.9. The van der Waals surface area contributed by atoms with Gasteiger partial charge < -0.3 is 14.5 Å². The van der Waals surface area contributed by atoms with E-state index < -0.39 is 0 Å². The van der Waals surface area contributed by atoms with Crippen molar-refractivity contribution >= 4 is 17.2 Å². The molecule has 0 saturated heterocycles. The van der Waals surface area contributed by atoms with Crippen LogP contribution in [0.15, 0.2) is 71.3 Å². The van der Waals surface area contributed by atoms with Crippen LogP contribution in [0, 0.1) is 12.7 Å². The number of thiazole rings is 1. The van der Waals surface area contributed by atoms with Gasteiger partial charge in [-0.15, -0.1) is 11.3 Å². The van der Waals surface area contributed by atoms with Gasteiger partial charge in [0.05, 0.1) is 18.6 Å². The molecule has 0 spiro atoms. The number of halogens is 1. The van der Waals surface area contributed by atoms with Gasteiger partial charge in [-0.1, -0.05) is 24.3 Å². The molecular weight excluding hydrogens is 415 g/mol. The van der Waals surface area contributed by atoms with Crippen LogP contribution in [0.3, 0.4) is 0 Å². The molecule has 0 saturated carbocycles. The molecule has 2 aromatic heterocycles. The molecule has 0 atom stereocenters. The average molecular weight is 437 g/mol. The third-order valence-electron chi connectivity index (χ3n) is 4.63. The predicted molar refractivity (Wildman–Crippen MR) is 117 cm³/mol. The maximum Gasteiger partial charge on any atom is 0.263 e. The summed E-state index contributed by atoms with van der Waals surface area (Å²) in [7, 11) is 0. The maximum atomic E-state index is 13.1. The standard InChI is InChI=1S/C24H21FN2O3S/c1-16-22(31-24(27-16)19-7-9-20(25)10-8-19)23(28)26-13-17-4-2-5-18(12-17)14-29-15-21-6-3-11-30-21/h2-12H,13-15H2,1H3,(H,26,28). The Hall–Kier alpha value is -3.29. The van der Waals surface area contributed by atoms with E-state index in [1.165, 1.54) is 23.5 Å². The SMILES string of the molecule is Cc1nc(-c2ccc(F)cc2)sc1C(=O)NCc1cccc(COCc2ccco2)c1. The zero-order chi connectivity index (χ0) is 21.6. The number of hydrogen-bond acceptors (Lipinski definition) is 5. The van der Waals surface area contributed by atoms with Gasteiger partial charge in [0.25, 0.3) is 5.91 Å². The van der Waals surface area contributed by atoms with Gasteiger partial charge in [-0.2, -0.15) is 0 Å². The van der Waals surface area contributed by atoms with Gasteiger partial charge in [-0.25, -0.2) is 9.37 Å². The number of benzene rings is 2. The molecule has 0 bridgehead atoms. The third-order valence-corrected chi connectivity index (χ3v) is 5.84. The average Bonchev–Trinajstić information content (AvgIpc) is 3.43. The highest BCUT2D eigenvalue weighted by Gasteiger charge is 2.16. The van der Waals surface area contributed by atoms with Gasteiger partial charge in [0, 0.05) is 12.1 Å². The van der Waals surface area contributed by atoms with E-state index >= 15 is 0 Å². The minimum Gasteiger partial charge on any atom is -0.467 e. The second-order valence-electron chi connectivity index (χ2n) is 7.02. The molecule has 0 radical (unpaired) electrons. The molecule has 1 N–H and O–H groups in total. The molecular formula is C24H21FN2O3S. The van der Waals surface area contributed by atoms with E-state index in [1.807, 2.05) is 36.4 Å². The molecule has 4 rings (SSSR count). The van der Waals surface area contributed by atoms with Crippen molar-refractivity contribution in [2.75, 3.05) is 0 Å². The lowest BCUT2D eigenvalue weighted by molar-refractivity contribution is 0.0928. The molecule has 31 heavy (non-hydrogen) atoms. The summed E-state index contributed by atoms with van der Waals surface area (Å²) in [6, 6.07) is 17.7. The lowest BCUT2D eigenvalue weighted by Gasteiger charge is -2.07. The van der Waals surface area contributed by atoms with Gasteiger partial charge in [-0.3, -0.25) is 4.79 Å². The zero-order valence-corrected chi connectivity index (χ0v) is 17.7. The van der Waals surface area contributed by atoms with Crippen LogP contribution < -0.4 is 5.32 Å². The molecule has 0 unspecified atom stereocenters. The Kier molecular flexibility index (Phi) is 6.54. The first-order chi connectivity index (χ1) is 15.1. The fraction of sp³-hybridized carbons (Fsp3) is 0.167. The Morgan fingerprint density at radius 3 is 2.68 bits per heavy atom. The number of hydrogen-bond donors (Lipinski definition) is 1. The van der Waals surface area contributed by atoms with Crippen molar-refractivity contribution in [3.8, 4) is 10.6 Å². The number of nitrogens with one attached hydrogen (secondary N) is 1. The van der Waals surface area contributed by atoms with Crippen LogP contribution in [0.2, 0.25) is 0 Å². The van der Waals surface area contributed by atoms with Crippen molar-refractivity contribution < 1.29 is 18.3 Å². The van der Waals surface area contributed by atoms with Gasteiger partial charge >= 0.3 is 0 Å². The first-order valence-corrected chi connectivity index (χ1v) is 10.6. The number of rotatable bonds is 8. The van der Waals surface area contributed by atoms with Crippen molar-refractivity contribution in [1.29, 1.82) is 0 Å². The zero-order valence-electron chi connectivity index (χ0n) is 16.9. The number of ether oxygens (including phenoxy) is 1. The van der Waals surface area contributed by atoms with E-state index in [2.05, 4.69) is 10.3 Å². The minimum absolute atomic E-state index is 0.178. The van der Waals surface area contributed by atoms with E-state index in [0.29, 0.717) is 35.3 Å². The molecule has 0 aliphatic heterocycles. The molecule has 2 aromatic carbocycles.